The van der Waals surface area contributed by atoms with E-state index in [0.717, 1.165) is 0 Å². The SMILES string of the molecule is Clc1cccc(Cl)c1.O=S(=O)(Cl)c1ccccc1. The van der Waals surface area contributed by atoms with Crippen LogP contribution in [-0.4, -0.2) is 8.42 Å². The Kier molecular flexibility index (Phi) is 5.96. The molecule has 0 spiro atoms. The summed E-state index contributed by atoms with van der Waals surface area (Å²) in [5.74, 6) is 0. The summed E-state index contributed by atoms with van der Waals surface area (Å²) >= 11 is 11.1. The molecule has 0 amide bonds. The van der Waals surface area contributed by atoms with Crippen LogP contribution >= 0.6 is 33.9 Å². The minimum atomic E-state index is -3.53. The molecule has 0 bridgehead atoms. The van der Waals surface area contributed by atoms with Crippen LogP contribution in [0.25, 0.3) is 0 Å². The highest BCUT2D eigenvalue weighted by molar-refractivity contribution is 8.13. The van der Waals surface area contributed by atoms with E-state index in [-0.39, 0.29) is 4.90 Å². The highest BCUT2D eigenvalue weighted by Gasteiger charge is 2.06. The van der Waals surface area contributed by atoms with E-state index >= 15 is 0 Å². The van der Waals surface area contributed by atoms with Crippen LogP contribution in [0.5, 0.6) is 0 Å². The molecule has 0 N–H and O–H groups in total. The summed E-state index contributed by atoms with van der Waals surface area (Å²) in [6.45, 7) is 0. The molecule has 0 fully saturated rings. The Labute approximate surface area is 121 Å². The monoisotopic (exact) mass is 322 g/mol. The zero-order chi connectivity index (χ0) is 13.6. The van der Waals surface area contributed by atoms with Gasteiger partial charge in [0, 0.05) is 20.7 Å². The maximum atomic E-state index is 10.6. The molecule has 0 atom stereocenters. The van der Waals surface area contributed by atoms with Crippen molar-refractivity contribution in [2.75, 3.05) is 0 Å². The molecular weight excluding hydrogens is 315 g/mol. The first-order chi connectivity index (χ1) is 8.39. The van der Waals surface area contributed by atoms with Crippen molar-refractivity contribution in [2.24, 2.45) is 0 Å². The van der Waals surface area contributed by atoms with Crippen LogP contribution in [0.3, 0.4) is 0 Å². The zero-order valence-corrected chi connectivity index (χ0v) is 12.1. The molecule has 2 rings (SSSR count). The van der Waals surface area contributed by atoms with Crippen molar-refractivity contribution in [2.45, 2.75) is 4.90 Å². The Hall–Kier alpha value is -0.740. The van der Waals surface area contributed by atoms with Crippen LogP contribution in [0.15, 0.2) is 59.5 Å². The number of hydrogen-bond donors (Lipinski definition) is 0. The summed E-state index contributed by atoms with van der Waals surface area (Å²) in [7, 11) is 1.50. The summed E-state index contributed by atoms with van der Waals surface area (Å²) in [5.41, 5.74) is 0. The summed E-state index contributed by atoms with van der Waals surface area (Å²) in [6.07, 6.45) is 0. The van der Waals surface area contributed by atoms with Gasteiger partial charge >= 0.3 is 0 Å². The van der Waals surface area contributed by atoms with Gasteiger partial charge in [0.2, 0.25) is 0 Å². The number of rotatable bonds is 1. The molecule has 0 aromatic heterocycles. The van der Waals surface area contributed by atoms with E-state index in [1.165, 1.54) is 12.1 Å². The van der Waals surface area contributed by atoms with Gasteiger partial charge in [0.15, 0.2) is 0 Å². The highest BCUT2D eigenvalue weighted by atomic mass is 35.7. The predicted octanol–water partition coefficient (Wildman–Crippen LogP) is 4.61. The number of hydrogen-bond acceptors (Lipinski definition) is 2. The summed E-state index contributed by atoms with van der Waals surface area (Å²) < 4.78 is 21.2. The highest BCUT2D eigenvalue weighted by Crippen LogP contribution is 2.14. The molecule has 6 heteroatoms. The molecule has 2 aromatic carbocycles. The normalized spacial score (nSPS) is 10.4. The Morgan fingerprint density at radius 1 is 0.778 bits per heavy atom. The van der Waals surface area contributed by atoms with Gasteiger partial charge in [0.25, 0.3) is 9.05 Å². The zero-order valence-electron chi connectivity index (χ0n) is 9.05. The van der Waals surface area contributed by atoms with E-state index in [1.807, 2.05) is 6.07 Å². The molecule has 0 aliphatic heterocycles. The predicted molar refractivity (Wildman–Crippen MR) is 75.9 cm³/mol. The number of benzene rings is 2. The van der Waals surface area contributed by atoms with E-state index in [0.29, 0.717) is 10.0 Å². The first-order valence-electron chi connectivity index (χ1n) is 4.80. The van der Waals surface area contributed by atoms with Crippen molar-refractivity contribution in [1.82, 2.24) is 0 Å². The average Bonchev–Trinajstić information content (AvgIpc) is 2.29. The molecule has 0 saturated carbocycles. The fourth-order valence-corrected chi connectivity index (χ4v) is 2.27. The van der Waals surface area contributed by atoms with Crippen LogP contribution in [0.2, 0.25) is 10.0 Å². The largest absolute Gasteiger partial charge is 0.261 e. The lowest BCUT2D eigenvalue weighted by atomic mass is 10.4. The molecule has 0 unspecified atom stereocenters. The maximum Gasteiger partial charge on any atom is 0.261 e. The molecule has 0 radical (unpaired) electrons. The lowest BCUT2D eigenvalue weighted by Crippen LogP contribution is -1.87. The summed E-state index contributed by atoms with van der Waals surface area (Å²) in [4.78, 5) is 0.136. The first kappa shape index (κ1) is 15.3. The van der Waals surface area contributed by atoms with E-state index < -0.39 is 9.05 Å². The van der Waals surface area contributed by atoms with Gasteiger partial charge in [-0.2, -0.15) is 0 Å². The third-order valence-electron chi connectivity index (χ3n) is 1.81. The minimum absolute atomic E-state index is 0.136. The fourth-order valence-electron chi connectivity index (χ4n) is 1.04. The van der Waals surface area contributed by atoms with Crippen LogP contribution in [0, 0.1) is 0 Å². The van der Waals surface area contributed by atoms with Gasteiger partial charge in [-0.3, -0.25) is 0 Å². The Bertz CT molecular complexity index is 580. The van der Waals surface area contributed by atoms with Crippen LogP contribution in [-0.2, 0) is 9.05 Å². The average molecular weight is 324 g/mol. The van der Waals surface area contributed by atoms with E-state index in [9.17, 15) is 8.42 Å². The molecule has 2 nitrogen and oxygen atoms in total. The second kappa shape index (κ2) is 7.00. The van der Waals surface area contributed by atoms with E-state index in [1.54, 1.807) is 36.4 Å². The van der Waals surface area contributed by atoms with Crippen molar-refractivity contribution in [3.63, 3.8) is 0 Å². The minimum Gasteiger partial charge on any atom is -0.207 e. The summed E-state index contributed by atoms with van der Waals surface area (Å²) in [5, 5.41) is 1.36. The van der Waals surface area contributed by atoms with Crippen LogP contribution in [0.4, 0.5) is 0 Å². The third-order valence-corrected chi connectivity index (χ3v) is 3.65. The second-order valence-corrected chi connectivity index (χ2v) is 6.63. The van der Waals surface area contributed by atoms with Gasteiger partial charge in [0.05, 0.1) is 4.90 Å². The molecule has 96 valence electrons. The van der Waals surface area contributed by atoms with Gasteiger partial charge < -0.3 is 0 Å². The Balaban J connectivity index is 0.000000184. The lowest BCUT2D eigenvalue weighted by Gasteiger charge is -1.91. The van der Waals surface area contributed by atoms with Crippen LogP contribution in [0.1, 0.15) is 0 Å². The van der Waals surface area contributed by atoms with Gasteiger partial charge in [-0.1, -0.05) is 47.5 Å². The fraction of sp³-hybridized carbons (Fsp3) is 0. The van der Waals surface area contributed by atoms with Gasteiger partial charge in [-0.15, -0.1) is 0 Å². The van der Waals surface area contributed by atoms with E-state index in [4.69, 9.17) is 33.9 Å². The molecule has 0 heterocycles. The topological polar surface area (TPSA) is 34.1 Å². The first-order valence-corrected chi connectivity index (χ1v) is 7.87. The Morgan fingerprint density at radius 2 is 1.28 bits per heavy atom. The maximum absolute atomic E-state index is 10.6. The van der Waals surface area contributed by atoms with Crippen molar-refractivity contribution in [3.05, 3.63) is 64.6 Å². The standard InChI is InChI=1S/C6H4Cl2.C6H5ClO2S/c7-5-2-1-3-6(8)4-5;7-10(8,9)6-4-2-1-3-5-6/h1-4H;1-5H. The second-order valence-electron chi connectivity index (χ2n) is 3.19. The third kappa shape index (κ3) is 5.74. The van der Waals surface area contributed by atoms with Crippen molar-refractivity contribution < 1.29 is 8.42 Å². The van der Waals surface area contributed by atoms with Crippen molar-refractivity contribution in [1.29, 1.82) is 0 Å². The Morgan fingerprint density at radius 3 is 1.56 bits per heavy atom. The number of halogens is 3. The molecule has 0 saturated heterocycles. The molecule has 18 heavy (non-hydrogen) atoms. The molecule has 0 aliphatic rings. The van der Waals surface area contributed by atoms with Crippen LogP contribution < -0.4 is 0 Å². The smallest absolute Gasteiger partial charge is 0.207 e. The molecular formula is C12H9Cl3O2S. The molecule has 0 aliphatic carbocycles. The van der Waals surface area contributed by atoms with Crippen molar-refractivity contribution >= 4 is 42.9 Å². The molecule has 2 aromatic rings. The summed E-state index contributed by atoms with van der Waals surface area (Å²) in [6, 6.07) is 14.9. The lowest BCUT2D eigenvalue weighted by molar-refractivity contribution is 0.609. The van der Waals surface area contributed by atoms with Gasteiger partial charge in [0.1, 0.15) is 0 Å². The van der Waals surface area contributed by atoms with E-state index in [2.05, 4.69) is 0 Å². The van der Waals surface area contributed by atoms with Crippen molar-refractivity contribution in [3.8, 4) is 0 Å². The quantitative estimate of drug-likeness (QED) is 0.718. The van der Waals surface area contributed by atoms with Gasteiger partial charge in [-0.05, 0) is 30.3 Å². The van der Waals surface area contributed by atoms with Gasteiger partial charge in [-0.25, -0.2) is 8.42 Å².